The molecule has 40 heavy (non-hydrogen) atoms. The van der Waals surface area contributed by atoms with Crippen molar-refractivity contribution in [2.75, 3.05) is 18.5 Å². The van der Waals surface area contributed by atoms with Crippen molar-refractivity contribution < 1.29 is 29.3 Å². The molecule has 0 radical (unpaired) electrons. The van der Waals surface area contributed by atoms with Gasteiger partial charge in [0.05, 0.1) is 32.2 Å². The number of carboxylic acids is 1. The van der Waals surface area contributed by atoms with Gasteiger partial charge >= 0.3 is 12.0 Å². The number of hydrogen-bond acceptors (Lipinski definition) is 6. The van der Waals surface area contributed by atoms with Gasteiger partial charge in [0, 0.05) is 22.3 Å². The lowest BCUT2D eigenvalue weighted by Crippen LogP contribution is -2.36. The number of aliphatic carboxylic acids is 1. The van der Waals surface area contributed by atoms with E-state index in [9.17, 15) is 24.6 Å². The molecule has 0 unspecified atom stereocenters. The molecule has 0 saturated carbocycles. The number of urea groups is 1. The van der Waals surface area contributed by atoms with Crippen LogP contribution in [0.2, 0.25) is 5.02 Å². The molecule has 1 atom stereocenters. The van der Waals surface area contributed by atoms with Crippen molar-refractivity contribution in [3.63, 3.8) is 0 Å². The SMILES string of the molecule is CCOc1cccc([C@H](CC(=O)O)NC(=O)Nc2c(O)c(C)cn(Cc3c(Cl)cccc3OCC(C)C)c2=O)c1. The van der Waals surface area contributed by atoms with E-state index in [4.69, 9.17) is 21.1 Å². The highest BCUT2D eigenvalue weighted by Crippen LogP contribution is 2.29. The van der Waals surface area contributed by atoms with Crippen molar-refractivity contribution in [1.82, 2.24) is 9.88 Å². The molecule has 0 aliphatic heterocycles. The fraction of sp³-hybridized carbons (Fsp3) is 0.345. The number of hydrogen-bond donors (Lipinski definition) is 4. The highest BCUT2D eigenvalue weighted by Gasteiger charge is 2.22. The van der Waals surface area contributed by atoms with Gasteiger partial charge in [-0.05, 0) is 49.6 Å². The lowest BCUT2D eigenvalue weighted by atomic mass is 10.0. The predicted molar refractivity (Wildman–Crippen MR) is 153 cm³/mol. The van der Waals surface area contributed by atoms with Crippen molar-refractivity contribution in [2.24, 2.45) is 5.92 Å². The molecule has 0 aliphatic rings. The molecule has 4 N–H and O–H groups in total. The number of amides is 2. The maximum absolute atomic E-state index is 13.4. The topological polar surface area (TPSA) is 139 Å². The molecule has 0 spiro atoms. The van der Waals surface area contributed by atoms with Gasteiger partial charge < -0.3 is 34.9 Å². The van der Waals surface area contributed by atoms with Gasteiger partial charge in [0.2, 0.25) is 0 Å². The van der Waals surface area contributed by atoms with Crippen LogP contribution in [-0.4, -0.2) is 40.0 Å². The van der Waals surface area contributed by atoms with Crippen LogP contribution < -0.4 is 25.7 Å². The first-order valence-corrected chi connectivity index (χ1v) is 13.2. The second-order valence-electron chi connectivity index (χ2n) is 9.64. The molecule has 1 heterocycles. The molecule has 3 rings (SSSR count). The molecule has 214 valence electrons. The Hall–Kier alpha value is -4.18. The number of aryl methyl sites for hydroxylation is 1. The van der Waals surface area contributed by atoms with Crippen LogP contribution >= 0.6 is 11.6 Å². The summed E-state index contributed by atoms with van der Waals surface area (Å²) in [6, 6.07) is 10.1. The number of pyridine rings is 1. The zero-order chi connectivity index (χ0) is 29.4. The number of aromatic nitrogens is 1. The van der Waals surface area contributed by atoms with Crippen molar-refractivity contribution in [3.05, 3.63) is 80.7 Å². The van der Waals surface area contributed by atoms with Gasteiger partial charge in [-0.2, -0.15) is 0 Å². The van der Waals surface area contributed by atoms with E-state index in [0.29, 0.717) is 46.4 Å². The minimum absolute atomic E-state index is 0.0230. The first kappa shape index (κ1) is 30.4. The van der Waals surface area contributed by atoms with Gasteiger partial charge in [0.1, 0.15) is 17.2 Å². The van der Waals surface area contributed by atoms with Gasteiger partial charge in [-0.15, -0.1) is 0 Å². The van der Waals surface area contributed by atoms with Crippen LogP contribution in [0.3, 0.4) is 0 Å². The van der Waals surface area contributed by atoms with Crippen LogP contribution in [0.4, 0.5) is 10.5 Å². The van der Waals surface area contributed by atoms with Crippen LogP contribution in [-0.2, 0) is 11.3 Å². The molecule has 3 aromatic rings. The lowest BCUT2D eigenvalue weighted by molar-refractivity contribution is -0.137. The van der Waals surface area contributed by atoms with Gasteiger partial charge in [-0.1, -0.05) is 43.6 Å². The maximum Gasteiger partial charge on any atom is 0.319 e. The molecular formula is C29H34ClN3O7. The molecule has 10 nitrogen and oxygen atoms in total. The van der Waals surface area contributed by atoms with E-state index >= 15 is 0 Å². The van der Waals surface area contributed by atoms with Gasteiger partial charge in [0.25, 0.3) is 5.56 Å². The van der Waals surface area contributed by atoms with Crippen molar-refractivity contribution >= 4 is 29.3 Å². The Morgan fingerprint density at radius 2 is 1.85 bits per heavy atom. The number of aromatic hydroxyl groups is 1. The fourth-order valence-electron chi connectivity index (χ4n) is 4.00. The average molecular weight is 572 g/mol. The summed E-state index contributed by atoms with van der Waals surface area (Å²) in [7, 11) is 0. The van der Waals surface area contributed by atoms with E-state index in [1.165, 1.54) is 10.8 Å². The van der Waals surface area contributed by atoms with Crippen molar-refractivity contribution in [1.29, 1.82) is 0 Å². The number of halogens is 1. The quantitative estimate of drug-likeness (QED) is 0.230. The normalized spacial score (nSPS) is 11.7. The third-order valence-electron chi connectivity index (χ3n) is 5.91. The molecule has 1 aromatic heterocycles. The second kappa shape index (κ2) is 13.7. The third-order valence-corrected chi connectivity index (χ3v) is 6.26. The summed E-state index contributed by atoms with van der Waals surface area (Å²) in [5.74, 6) is -0.223. The number of anilines is 1. The molecule has 2 aromatic carbocycles. The summed E-state index contributed by atoms with van der Waals surface area (Å²) in [6.45, 7) is 8.32. The molecule has 2 amide bonds. The zero-order valence-corrected chi connectivity index (χ0v) is 23.6. The first-order valence-electron chi connectivity index (χ1n) is 12.8. The van der Waals surface area contributed by atoms with Crippen LogP contribution in [0.25, 0.3) is 0 Å². The van der Waals surface area contributed by atoms with Crippen LogP contribution in [0.1, 0.15) is 49.9 Å². The summed E-state index contributed by atoms with van der Waals surface area (Å²) in [5.41, 5.74) is 0.371. The minimum Gasteiger partial charge on any atom is -0.505 e. The van der Waals surface area contributed by atoms with Crippen LogP contribution in [0.5, 0.6) is 17.2 Å². The van der Waals surface area contributed by atoms with E-state index in [1.54, 1.807) is 49.4 Å². The summed E-state index contributed by atoms with van der Waals surface area (Å²) in [5, 5.41) is 25.5. The lowest BCUT2D eigenvalue weighted by Gasteiger charge is -2.20. The third kappa shape index (κ3) is 7.92. The highest BCUT2D eigenvalue weighted by atomic mass is 35.5. The molecule has 0 fully saturated rings. The van der Waals surface area contributed by atoms with Crippen LogP contribution in [0, 0.1) is 12.8 Å². The van der Waals surface area contributed by atoms with Gasteiger partial charge in [-0.3, -0.25) is 9.59 Å². The fourth-order valence-corrected chi connectivity index (χ4v) is 4.23. The van der Waals surface area contributed by atoms with Gasteiger partial charge in [-0.25, -0.2) is 4.79 Å². The summed E-state index contributed by atoms with van der Waals surface area (Å²) < 4.78 is 12.7. The van der Waals surface area contributed by atoms with Crippen LogP contribution in [0.15, 0.2) is 53.5 Å². The summed E-state index contributed by atoms with van der Waals surface area (Å²) in [4.78, 5) is 37.9. The van der Waals surface area contributed by atoms with Crippen molar-refractivity contribution in [3.8, 4) is 17.2 Å². The molecule has 0 saturated heterocycles. The number of nitrogens with zero attached hydrogens (tertiary/aromatic N) is 1. The Balaban J connectivity index is 1.89. The Labute approximate surface area is 237 Å². The number of ether oxygens (including phenoxy) is 2. The second-order valence-corrected chi connectivity index (χ2v) is 10.1. The Morgan fingerprint density at radius 1 is 1.12 bits per heavy atom. The smallest absolute Gasteiger partial charge is 0.319 e. The molecule has 0 aliphatic carbocycles. The van der Waals surface area contributed by atoms with E-state index in [1.807, 2.05) is 20.8 Å². The maximum atomic E-state index is 13.4. The van der Waals surface area contributed by atoms with E-state index in [0.717, 1.165) is 0 Å². The Bertz CT molecular complexity index is 1420. The number of nitrogens with one attached hydrogen (secondary N) is 2. The average Bonchev–Trinajstić information content (AvgIpc) is 2.89. The number of rotatable bonds is 12. The largest absolute Gasteiger partial charge is 0.505 e. The summed E-state index contributed by atoms with van der Waals surface area (Å²) in [6.07, 6.45) is 1.04. The monoisotopic (exact) mass is 571 g/mol. The predicted octanol–water partition coefficient (Wildman–Crippen LogP) is 5.34. The number of carbonyl (C=O) groups excluding carboxylic acids is 1. The molecule has 11 heteroatoms. The number of carboxylic acid groups (broad SMARTS) is 1. The summed E-state index contributed by atoms with van der Waals surface area (Å²) >= 11 is 6.45. The minimum atomic E-state index is -1.14. The number of benzene rings is 2. The van der Waals surface area contributed by atoms with Crippen molar-refractivity contribution in [2.45, 2.75) is 46.7 Å². The highest BCUT2D eigenvalue weighted by molar-refractivity contribution is 6.31. The Kier molecular flexibility index (Phi) is 10.4. The first-order chi connectivity index (χ1) is 19.0. The van der Waals surface area contributed by atoms with E-state index in [2.05, 4.69) is 10.6 Å². The standard InChI is InChI=1S/C29H34ClN3O7/c1-5-39-20-9-6-8-19(12-20)23(13-25(34)35)31-29(38)32-26-27(36)18(4)14-33(28(26)37)15-21-22(30)10-7-11-24(21)40-16-17(2)3/h6-12,14,17,23,36H,5,13,15-16H2,1-4H3,(H,34,35)(H2,31,32,38)/t23-/m0/s1. The van der Waals surface area contributed by atoms with E-state index < -0.39 is 35.8 Å². The number of carbonyl (C=O) groups is 2. The van der Waals surface area contributed by atoms with Gasteiger partial charge in [0.15, 0.2) is 5.69 Å². The molecular weight excluding hydrogens is 538 g/mol. The Morgan fingerprint density at radius 3 is 2.52 bits per heavy atom. The zero-order valence-electron chi connectivity index (χ0n) is 22.9. The van der Waals surface area contributed by atoms with E-state index in [-0.39, 0.29) is 18.2 Å². The molecule has 0 bridgehead atoms.